The minimum Gasteiger partial charge on any atom is -0.493 e. The van der Waals surface area contributed by atoms with Crippen molar-refractivity contribution in [2.75, 3.05) is 21.0 Å². The largest absolute Gasteiger partial charge is 0.493 e. The van der Waals surface area contributed by atoms with Crippen molar-refractivity contribution in [1.82, 2.24) is 10.3 Å². The summed E-state index contributed by atoms with van der Waals surface area (Å²) in [7, 11) is 3.00. The molecule has 206 valence electrons. The van der Waals surface area contributed by atoms with Crippen molar-refractivity contribution >= 4 is 17.8 Å². The van der Waals surface area contributed by atoms with E-state index < -0.39 is 42.9 Å². The summed E-state index contributed by atoms with van der Waals surface area (Å²) < 4.78 is 33.4. The molecular weight excluding hydrogens is 484 g/mol. The molecule has 2 heterocycles. The van der Waals surface area contributed by atoms with Crippen LogP contribution in [-0.2, 0) is 28.5 Å². The fraction of sp³-hybridized carbons (Fsp3) is 0.692. The number of nitrogens with zero attached hydrogens (tertiary/aromatic N) is 1. The van der Waals surface area contributed by atoms with Crippen LogP contribution in [0.15, 0.2) is 12.3 Å². The average Bonchev–Trinajstić information content (AvgIpc) is 3.38. The molecule has 2 fully saturated rings. The van der Waals surface area contributed by atoms with Gasteiger partial charge >= 0.3 is 11.9 Å². The maximum absolute atomic E-state index is 13.2. The number of nitrogens with one attached hydrogen (secondary N) is 1. The number of methoxy groups -OCH3 is 2. The Morgan fingerprint density at radius 2 is 1.81 bits per heavy atom. The first-order valence-corrected chi connectivity index (χ1v) is 12.8. The van der Waals surface area contributed by atoms with Gasteiger partial charge in [0.25, 0.3) is 5.91 Å². The van der Waals surface area contributed by atoms with Crippen LogP contribution in [0.2, 0.25) is 0 Å². The monoisotopic (exact) mass is 522 g/mol. The van der Waals surface area contributed by atoms with Gasteiger partial charge in [-0.05, 0) is 32.6 Å². The lowest BCUT2D eigenvalue weighted by molar-refractivity contribution is -0.171. The zero-order chi connectivity index (χ0) is 26.8. The molecule has 0 unspecified atom stereocenters. The molecule has 1 aliphatic carbocycles. The predicted octanol–water partition coefficient (Wildman–Crippen LogP) is 2.94. The molecule has 1 aromatic rings. The SMILES string of the molecule is COc1ccnc(C(=O)N[C@H]2CCCC[C@H](OC3CCCC3)[C@@H](OC)[C@H](C)OC2=O)c1OCOC(C)=O. The highest BCUT2D eigenvalue weighted by Gasteiger charge is 2.36. The molecule has 0 spiro atoms. The molecule has 3 rings (SSSR count). The normalized spacial score (nSPS) is 25.1. The summed E-state index contributed by atoms with van der Waals surface area (Å²) in [6.07, 6.45) is 7.50. The molecule has 0 aromatic carbocycles. The molecular formula is C26H38N2O9. The highest BCUT2D eigenvalue weighted by molar-refractivity contribution is 5.98. The lowest BCUT2D eigenvalue weighted by Crippen LogP contribution is -2.48. The van der Waals surface area contributed by atoms with E-state index in [4.69, 9.17) is 28.4 Å². The number of amides is 1. The average molecular weight is 523 g/mol. The number of cyclic esters (lactones) is 1. The van der Waals surface area contributed by atoms with E-state index in [0.29, 0.717) is 12.8 Å². The van der Waals surface area contributed by atoms with Crippen LogP contribution in [0.3, 0.4) is 0 Å². The number of aromatic nitrogens is 1. The van der Waals surface area contributed by atoms with Crippen molar-refractivity contribution in [2.24, 2.45) is 0 Å². The molecule has 1 aliphatic heterocycles. The van der Waals surface area contributed by atoms with Crippen LogP contribution in [-0.4, -0.2) is 74.3 Å². The Labute approximate surface area is 217 Å². The lowest BCUT2D eigenvalue weighted by atomic mass is 9.98. The topological polar surface area (TPSA) is 132 Å². The van der Waals surface area contributed by atoms with Crippen molar-refractivity contribution in [3.63, 3.8) is 0 Å². The number of esters is 2. The summed E-state index contributed by atoms with van der Waals surface area (Å²) in [5.74, 6) is -1.52. The Hall–Kier alpha value is -2.92. The zero-order valence-corrected chi connectivity index (χ0v) is 22.0. The Morgan fingerprint density at radius 1 is 1.11 bits per heavy atom. The summed E-state index contributed by atoms with van der Waals surface area (Å²) >= 11 is 0. The number of carbonyl (C=O) groups is 3. The van der Waals surface area contributed by atoms with Crippen LogP contribution in [0.25, 0.3) is 0 Å². The van der Waals surface area contributed by atoms with E-state index in [9.17, 15) is 14.4 Å². The number of pyridine rings is 1. The van der Waals surface area contributed by atoms with Gasteiger partial charge in [-0.2, -0.15) is 0 Å². The second kappa shape index (κ2) is 14.1. The molecule has 4 atom stereocenters. The minimum atomic E-state index is -0.894. The van der Waals surface area contributed by atoms with Gasteiger partial charge in [0, 0.05) is 26.3 Å². The van der Waals surface area contributed by atoms with Crippen LogP contribution in [0.4, 0.5) is 0 Å². The highest BCUT2D eigenvalue weighted by atomic mass is 16.7. The summed E-state index contributed by atoms with van der Waals surface area (Å²) in [5, 5.41) is 2.72. The molecule has 1 amide bonds. The standard InChI is InChI=1S/C26H38N2O9/c1-16-23(33-4)21(37-18-9-5-6-10-18)12-8-7-11-19(26(31)36-16)28-25(30)22-24(35-15-34-17(2)29)20(32-3)13-14-27-22/h13-14,16,18-19,21,23H,5-12,15H2,1-4H3,(H,28,30)/t16-,19-,21-,23-/m0/s1. The fourth-order valence-corrected chi connectivity index (χ4v) is 4.79. The summed E-state index contributed by atoms with van der Waals surface area (Å²) in [6.45, 7) is 2.59. The van der Waals surface area contributed by atoms with E-state index in [0.717, 1.165) is 25.7 Å². The van der Waals surface area contributed by atoms with Gasteiger partial charge in [-0.15, -0.1) is 0 Å². The second-order valence-electron chi connectivity index (χ2n) is 9.32. The third-order valence-corrected chi connectivity index (χ3v) is 6.66. The maximum Gasteiger partial charge on any atom is 0.329 e. The molecule has 1 N–H and O–H groups in total. The van der Waals surface area contributed by atoms with Crippen molar-refractivity contribution in [3.05, 3.63) is 18.0 Å². The van der Waals surface area contributed by atoms with Gasteiger partial charge in [-0.3, -0.25) is 9.59 Å². The minimum absolute atomic E-state index is 0.00305. The van der Waals surface area contributed by atoms with E-state index in [1.807, 2.05) is 0 Å². The van der Waals surface area contributed by atoms with E-state index in [1.54, 1.807) is 14.0 Å². The van der Waals surface area contributed by atoms with E-state index >= 15 is 0 Å². The van der Waals surface area contributed by atoms with Gasteiger partial charge in [0.15, 0.2) is 17.2 Å². The van der Waals surface area contributed by atoms with Crippen LogP contribution in [0, 0.1) is 0 Å². The molecule has 1 saturated carbocycles. The number of ether oxygens (including phenoxy) is 6. The quantitative estimate of drug-likeness (QED) is 0.381. The Balaban J connectivity index is 1.70. The molecule has 0 bridgehead atoms. The summed E-state index contributed by atoms with van der Waals surface area (Å²) in [5.41, 5.74) is -0.107. The number of carbonyl (C=O) groups excluding carboxylic acids is 3. The van der Waals surface area contributed by atoms with Gasteiger partial charge in [-0.25, -0.2) is 9.78 Å². The molecule has 11 nitrogen and oxygen atoms in total. The van der Waals surface area contributed by atoms with Crippen LogP contribution in [0.5, 0.6) is 11.5 Å². The lowest BCUT2D eigenvalue weighted by Gasteiger charge is -2.34. The maximum atomic E-state index is 13.2. The fourth-order valence-electron chi connectivity index (χ4n) is 4.79. The van der Waals surface area contributed by atoms with Gasteiger partial charge in [0.1, 0.15) is 18.2 Å². The molecule has 37 heavy (non-hydrogen) atoms. The van der Waals surface area contributed by atoms with Crippen LogP contribution in [0.1, 0.15) is 75.7 Å². The second-order valence-corrected chi connectivity index (χ2v) is 9.32. The Kier molecular flexibility index (Phi) is 10.9. The summed E-state index contributed by atoms with van der Waals surface area (Å²) in [6, 6.07) is 0.614. The zero-order valence-electron chi connectivity index (χ0n) is 22.0. The van der Waals surface area contributed by atoms with Crippen molar-refractivity contribution in [3.8, 4) is 11.5 Å². The van der Waals surface area contributed by atoms with Crippen molar-refractivity contribution < 1.29 is 42.8 Å². The van der Waals surface area contributed by atoms with Crippen LogP contribution < -0.4 is 14.8 Å². The van der Waals surface area contributed by atoms with Gasteiger partial charge in [0.05, 0.1) is 19.3 Å². The molecule has 2 aliphatic rings. The Morgan fingerprint density at radius 3 is 2.49 bits per heavy atom. The molecule has 0 radical (unpaired) electrons. The highest BCUT2D eigenvalue weighted by Crippen LogP contribution is 2.30. The third kappa shape index (κ3) is 8.03. The molecule has 1 aromatic heterocycles. The third-order valence-electron chi connectivity index (χ3n) is 6.66. The van der Waals surface area contributed by atoms with E-state index in [1.165, 1.54) is 39.1 Å². The van der Waals surface area contributed by atoms with Gasteiger partial charge in [-0.1, -0.05) is 25.7 Å². The smallest absolute Gasteiger partial charge is 0.329 e. The summed E-state index contributed by atoms with van der Waals surface area (Å²) in [4.78, 5) is 41.5. The Bertz CT molecular complexity index is 919. The number of hydrogen-bond acceptors (Lipinski definition) is 10. The first-order chi connectivity index (χ1) is 17.8. The molecule has 11 heteroatoms. The number of rotatable bonds is 9. The van der Waals surface area contributed by atoms with E-state index in [-0.39, 0.29) is 29.4 Å². The first kappa shape index (κ1) is 28.6. The van der Waals surface area contributed by atoms with E-state index in [2.05, 4.69) is 10.3 Å². The van der Waals surface area contributed by atoms with Crippen molar-refractivity contribution in [2.45, 2.75) is 95.7 Å². The van der Waals surface area contributed by atoms with Crippen molar-refractivity contribution in [1.29, 1.82) is 0 Å². The van der Waals surface area contributed by atoms with Gasteiger partial charge in [0.2, 0.25) is 6.79 Å². The molecule has 1 saturated heterocycles. The number of hydrogen-bond donors (Lipinski definition) is 1. The van der Waals surface area contributed by atoms with Gasteiger partial charge < -0.3 is 33.7 Å². The first-order valence-electron chi connectivity index (χ1n) is 12.8. The van der Waals surface area contributed by atoms with Crippen LogP contribution >= 0.6 is 0 Å². The predicted molar refractivity (Wildman–Crippen MR) is 131 cm³/mol.